The summed E-state index contributed by atoms with van der Waals surface area (Å²) < 4.78 is 0. The van der Waals surface area contributed by atoms with Crippen LogP contribution < -0.4 is 15.5 Å². The molecule has 130 valence electrons. The number of pyridine rings is 1. The first kappa shape index (κ1) is 16.8. The summed E-state index contributed by atoms with van der Waals surface area (Å²) >= 11 is 0. The van der Waals surface area contributed by atoms with Crippen molar-refractivity contribution in [3.63, 3.8) is 0 Å². The standard InChI is InChI=1S/C18H26N4O2/c23-13-15-1-2-16(11-15)21-18(24)20-12-14-5-9-22(10-6-14)17-3-7-19-8-4-17/h1-4,7-8,14-16,23H,5-6,9-13H2,(H2,20,21,24)/t15-,16+/m0/s1. The number of hydrogen-bond acceptors (Lipinski definition) is 4. The summed E-state index contributed by atoms with van der Waals surface area (Å²) in [6.45, 7) is 2.89. The normalized spacial score (nSPS) is 24.1. The zero-order chi connectivity index (χ0) is 16.8. The van der Waals surface area contributed by atoms with Gasteiger partial charge in [-0.15, -0.1) is 0 Å². The quantitative estimate of drug-likeness (QED) is 0.716. The molecule has 0 radical (unpaired) electrons. The molecule has 1 saturated heterocycles. The second kappa shape index (κ2) is 8.15. The molecule has 1 aliphatic heterocycles. The molecule has 1 fully saturated rings. The van der Waals surface area contributed by atoms with E-state index in [4.69, 9.17) is 5.11 Å². The van der Waals surface area contributed by atoms with Gasteiger partial charge in [0.05, 0.1) is 0 Å². The Morgan fingerprint density at radius 1 is 1.25 bits per heavy atom. The van der Waals surface area contributed by atoms with Gasteiger partial charge in [0.25, 0.3) is 0 Å². The smallest absolute Gasteiger partial charge is 0.315 e. The summed E-state index contributed by atoms with van der Waals surface area (Å²) in [5, 5.41) is 15.1. The molecular weight excluding hydrogens is 304 g/mol. The fourth-order valence-electron chi connectivity index (χ4n) is 3.42. The van der Waals surface area contributed by atoms with Gasteiger partial charge in [-0.05, 0) is 37.3 Å². The van der Waals surface area contributed by atoms with Crippen molar-refractivity contribution in [1.82, 2.24) is 15.6 Å². The van der Waals surface area contributed by atoms with Crippen LogP contribution >= 0.6 is 0 Å². The van der Waals surface area contributed by atoms with Crippen LogP contribution in [-0.4, -0.2) is 48.4 Å². The number of amides is 2. The number of aliphatic hydroxyl groups excluding tert-OH is 1. The first-order valence-corrected chi connectivity index (χ1v) is 8.73. The minimum atomic E-state index is -0.111. The second-order valence-electron chi connectivity index (χ2n) is 6.66. The molecule has 2 atom stereocenters. The summed E-state index contributed by atoms with van der Waals surface area (Å²) in [5.74, 6) is 0.700. The molecule has 0 spiro atoms. The van der Waals surface area contributed by atoms with E-state index in [1.807, 2.05) is 36.7 Å². The number of anilines is 1. The first-order chi connectivity index (χ1) is 11.7. The van der Waals surface area contributed by atoms with E-state index in [0.717, 1.165) is 38.9 Å². The highest BCUT2D eigenvalue weighted by molar-refractivity contribution is 5.74. The Morgan fingerprint density at radius 2 is 2.00 bits per heavy atom. The largest absolute Gasteiger partial charge is 0.396 e. The monoisotopic (exact) mass is 330 g/mol. The van der Waals surface area contributed by atoms with Crippen molar-refractivity contribution in [1.29, 1.82) is 0 Å². The maximum absolute atomic E-state index is 12.0. The van der Waals surface area contributed by atoms with Crippen LogP contribution in [-0.2, 0) is 0 Å². The molecule has 6 nitrogen and oxygen atoms in total. The van der Waals surface area contributed by atoms with Gasteiger partial charge in [-0.1, -0.05) is 12.2 Å². The van der Waals surface area contributed by atoms with Crippen LogP contribution in [0.3, 0.4) is 0 Å². The fourth-order valence-corrected chi connectivity index (χ4v) is 3.42. The summed E-state index contributed by atoms with van der Waals surface area (Å²) in [4.78, 5) is 18.4. The number of aliphatic hydroxyl groups is 1. The maximum Gasteiger partial charge on any atom is 0.315 e. The number of nitrogens with zero attached hydrogens (tertiary/aromatic N) is 2. The number of nitrogens with one attached hydrogen (secondary N) is 2. The highest BCUT2D eigenvalue weighted by Crippen LogP contribution is 2.22. The molecule has 0 saturated carbocycles. The zero-order valence-electron chi connectivity index (χ0n) is 13.9. The lowest BCUT2D eigenvalue weighted by Gasteiger charge is -2.33. The van der Waals surface area contributed by atoms with E-state index in [1.54, 1.807) is 0 Å². The van der Waals surface area contributed by atoms with Gasteiger partial charge in [-0.2, -0.15) is 0 Å². The Hall–Kier alpha value is -2.08. The van der Waals surface area contributed by atoms with E-state index >= 15 is 0 Å². The molecule has 2 amide bonds. The summed E-state index contributed by atoms with van der Waals surface area (Å²) in [5.41, 5.74) is 1.22. The Bertz CT molecular complexity index is 555. The molecule has 3 N–H and O–H groups in total. The van der Waals surface area contributed by atoms with Gasteiger partial charge in [-0.3, -0.25) is 4.98 Å². The van der Waals surface area contributed by atoms with E-state index in [1.165, 1.54) is 5.69 Å². The average Bonchev–Trinajstić information content (AvgIpc) is 3.09. The number of aromatic nitrogens is 1. The number of urea groups is 1. The predicted molar refractivity (Wildman–Crippen MR) is 93.8 cm³/mol. The topological polar surface area (TPSA) is 77.5 Å². The molecule has 1 aromatic heterocycles. The number of carbonyl (C=O) groups is 1. The van der Waals surface area contributed by atoms with Gasteiger partial charge in [-0.25, -0.2) is 4.79 Å². The lowest BCUT2D eigenvalue weighted by Crippen LogP contribution is -2.44. The lowest BCUT2D eigenvalue weighted by molar-refractivity contribution is 0.229. The third kappa shape index (κ3) is 4.47. The Balaban J connectivity index is 1.35. The number of carbonyl (C=O) groups excluding carboxylic acids is 1. The number of hydrogen-bond donors (Lipinski definition) is 3. The van der Waals surface area contributed by atoms with Crippen molar-refractivity contribution >= 4 is 11.7 Å². The molecule has 0 bridgehead atoms. The minimum Gasteiger partial charge on any atom is -0.396 e. The zero-order valence-corrected chi connectivity index (χ0v) is 13.9. The third-order valence-electron chi connectivity index (χ3n) is 4.92. The van der Waals surface area contributed by atoms with Crippen LogP contribution in [0.1, 0.15) is 19.3 Å². The Kier molecular flexibility index (Phi) is 5.69. The predicted octanol–water partition coefficient (Wildman–Crippen LogP) is 1.53. The van der Waals surface area contributed by atoms with Crippen LogP contribution in [0.4, 0.5) is 10.5 Å². The Labute approximate surface area is 143 Å². The third-order valence-corrected chi connectivity index (χ3v) is 4.92. The fraction of sp³-hybridized carbons (Fsp3) is 0.556. The van der Waals surface area contributed by atoms with E-state index < -0.39 is 0 Å². The van der Waals surface area contributed by atoms with Crippen molar-refractivity contribution in [2.24, 2.45) is 11.8 Å². The molecule has 2 heterocycles. The highest BCUT2D eigenvalue weighted by Gasteiger charge is 2.22. The number of rotatable bonds is 5. The molecule has 1 aliphatic carbocycles. The van der Waals surface area contributed by atoms with E-state index in [2.05, 4.69) is 20.5 Å². The molecule has 1 aromatic rings. The van der Waals surface area contributed by atoms with Gasteiger partial charge in [0, 0.05) is 56.3 Å². The van der Waals surface area contributed by atoms with Crippen LogP contribution in [0.2, 0.25) is 0 Å². The molecule has 0 unspecified atom stereocenters. The van der Waals surface area contributed by atoms with Crippen molar-refractivity contribution in [2.75, 3.05) is 31.1 Å². The average molecular weight is 330 g/mol. The van der Waals surface area contributed by atoms with Crippen molar-refractivity contribution < 1.29 is 9.90 Å². The maximum atomic E-state index is 12.0. The Morgan fingerprint density at radius 3 is 2.67 bits per heavy atom. The number of piperidine rings is 1. The van der Waals surface area contributed by atoms with Crippen LogP contribution in [0.5, 0.6) is 0 Å². The van der Waals surface area contributed by atoms with Gasteiger partial charge in [0.2, 0.25) is 0 Å². The molecule has 6 heteroatoms. The summed E-state index contributed by atoms with van der Waals surface area (Å²) in [6.07, 6.45) is 10.5. The molecule has 0 aromatic carbocycles. The van der Waals surface area contributed by atoms with Gasteiger partial charge in [0.1, 0.15) is 0 Å². The lowest BCUT2D eigenvalue weighted by atomic mass is 9.96. The second-order valence-corrected chi connectivity index (χ2v) is 6.66. The minimum absolute atomic E-state index is 0.0377. The molecule has 24 heavy (non-hydrogen) atoms. The van der Waals surface area contributed by atoms with Gasteiger partial charge in [0.15, 0.2) is 0 Å². The van der Waals surface area contributed by atoms with Gasteiger partial charge < -0.3 is 20.6 Å². The van der Waals surface area contributed by atoms with Crippen LogP contribution in [0.15, 0.2) is 36.7 Å². The summed E-state index contributed by atoms with van der Waals surface area (Å²) in [7, 11) is 0. The summed E-state index contributed by atoms with van der Waals surface area (Å²) in [6, 6.07) is 4.01. The van der Waals surface area contributed by atoms with E-state index in [0.29, 0.717) is 5.92 Å². The van der Waals surface area contributed by atoms with E-state index in [-0.39, 0.29) is 24.6 Å². The van der Waals surface area contributed by atoms with Crippen molar-refractivity contribution in [3.05, 3.63) is 36.7 Å². The van der Waals surface area contributed by atoms with Crippen LogP contribution in [0, 0.1) is 11.8 Å². The molecule has 2 aliphatic rings. The van der Waals surface area contributed by atoms with Crippen molar-refractivity contribution in [2.45, 2.75) is 25.3 Å². The van der Waals surface area contributed by atoms with Crippen LogP contribution in [0.25, 0.3) is 0 Å². The molecule has 3 rings (SSSR count). The first-order valence-electron chi connectivity index (χ1n) is 8.73. The molecular formula is C18H26N4O2. The van der Waals surface area contributed by atoms with E-state index in [9.17, 15) is 4.79 Å². The SMILES string of the molecule is O=C(NCC1CCN(c2ccncc2)CC1)N[C@@H]1C=C[C@H](CO)C1. The highest BCUT2D eigenvalue weighted by atomic mass is 16.3. The van der Waals surface area contributed by atoms with Crippen molar-refractivity contribution in [3.8, 4) is 0 Å². The van der Waals surface area contributed by atoms with Gasteiger partial charge >= 0.3 is 6.03 Å².